The van der Waals surface area contributed by atoms with E-state index >= 15 is 0 Å². The smallest absolute Gasteiger partial charge is 0.419 e. The Morgan fingerprint density at radius 1 is 1.37 bits per heavy atom. The lowest BCUT2D eigenvalue weighted by atomic mass is 10.2. The monoisotopic (exact) mass is 277 g/mol. The fraction of sp³-hybridized carbons (Fsp3) is 0.417. The van der Waals surface area contributed by atoms with Gasteiger partial charge in [0.15, 0.2) is 6.61 Å². The van der Waals surface area contributed by atoms with Crippen LogP contribution < -0.4 is 4.74 Å². The number of aliphatic hydroxyl groups excluding tert-OH is 1. The third kappa shape index (κ3) is 4.44. The van der Waals surface area contributed by atoms with E-state index in [9.17, 15) is 18.0 Å². The summed E-state index contributed by atoms with van der Waals surface area (Å²) in [6.45, 7) is -0.631. The Morgan fingerprint density at radius 3 is 2.58 bits per heavy atom. The summed E-state index contributed by atoms with van der Waals surface area (Å²) in [5.41, 5.74) is -0.924. The predicted molar refractivity (Wildman–Crippen MR) is 61.7 cm³/mol. The van der Waals surface area contributed by atoms with Crippen LogP contribution in [0.3, 0.4) is 0 Å². The van der Waals surface area contributed by atoms with Crippen molar-refractivity contribution < 1.29 is 27.8 Å². The van der Waals surface area contributed by atoms with E-state index in [0.29, 0.717) is 0 Å². The second kappa shape index (κ2) is 6.42. The van der Waals surface area contributed by atoms with Gasteiger partial charge in [-0.15, -0.1) is 0 Å². The average molecular weight is 277 g/mol. The van der Waals surface area contributed by atoms with Crippen molar-refractivity contribution in [2.75, 3.05) is 26.8 Å². The molecule has 0 unspecified atom stereocenters. The number of amides is 1. The van der Waals surface area contributed by atoms with E-state index < -0.39 is 24.3 Å². The first-order valence-electron chi connectivity index (χ1n) is 5.50. The Hall–Kier alpha value is -1.76. The quantitative estimate of drug-likeness (QED) is 0.888. The number of hydrogen-bond acceptors (Lipinski definition) is 3. The van der Waals surface area contributed by atoms with Gasteiger partial charge < -0.3 is 14.7 Å². The van der Waals surface area contributed by atoms with Crippen LogP contribution in [0.15, 0.2) is 24.3 Å². The van der Waals surface area contributed by atoms with Crippen LogP contribution in [-0.2, 0) is 11.0 Å². The molecule has 0 radical (unpaired) electrons. The molecule has 4 nitrogen and oxygen atoms in total. The lowest BCUT2D eigenvalue weighted by Gasteiger charge is -2.17. The Labute approximate surface area is 108 Å². The van der Waals surface area contributed by atoms with E-state index in [4.69, 9.17) is 9.84 Å². The Kier molecular flexibility index (Phi) is 5.17. The number of aliphatic hydroxyl groups is 1. The van der Waals surface area contributed by atoms with E-state index in [1.165, 1.54) is 24.1 Å². The summed E-state index contributed by atoms with van der Waals surface area (Å²) in [5.74, 6) is -0.897. The summed E-state index contributed by atoms with van der Waals surface area (Å²) >= 11 is 0. The molecule has 1 rings (SSSR count). The van der Waals surface area contributed by atoms with Gasteiger partial charge in [-0.25, -0.2) is 0 Å². The fourth-order valence-corrected chi connectivity index (χ4v) is 1.35. The lowest BCUT2D eigenvalue weighted by molar-refractivity contribution is -0.140. The summed E-state index contributed by atoms with van der Waals surface area (Å²) in [5, 5.41) is 8.64. The zero-order valence-electron chi connectivity index (χ0n) is 10.3. The van der Waals surface area contributed by atoms with Crippen LogP contribution in [0.5, 0.6) is 5.75 Å². The van der Waals surface area contributed by atoms with Gasteiger partial charge in [-0.05, 0) is 12.1 Å². The first-order chi connectivity index (χ1) is 8.86. The highest BCUT2D eigenvalue weighted by Gasteiger charge is 2.34. The number of rotatable bonds is 5. The molecule has 0 saturated carbocycles. The summed E-state index contributed by atoms with van der Waals surface area (Å²) in [6, 6.07) is 4.68. The van der Waals surface area contributed by atoms with Crippen LogP contribution in [0.25, 0.3) is 0 Å². The van der Waals surface area contributed by atoms with Crippen LogP contribution in [-0.4, -0.2) is 42.7 Å². The molecule has 0 spiro atoms. The Balaban J connectivity index is 2.71. The number of nitrogens with zero attached hydrogens (tertiary/aromatic N) is 1. The summed E-state index contributed by atoms with van der Waals surface area (Å²) in [6.07, 6.45) is -4.53. The highest BCUT2D eigenvalue weighted by molar-refractivity contribution is 5.77. The molecule has 0 aliphatic heterocycles. The molecule has 0 aliphatic rings. The molecule has 19 heavy (non-hydrogen) atoms. The molecular formula is C12H14F3NO3. The molecule has 0 aliphatic carbocycles. The zero-order valence-corrected chi connectivity index (χ0v) is 10.3. The minimum atomic E-state index is -4.53. The van der Waals surface area contributed by atoms with Gasteiger partial charge in [0.25, 0.3) is 5.91 Å². The lowest BCUT2D eigenvalue weighted by Crippen LogP contribution is -2.33. The highest BCUT2D eigenvalue weighted by atomic mass is 19.4. The molecule has 1 N–H and O–H groups in total. The third-order valence-corrected chi connectivity index (χ3v) is 2.40. The van der Waals surface area contributed by atoms with Crippen molar-refractivity contribution in [1.29, 1.82) is 0 Å². The number of carbonyl (C=O) groups is 1. The Morgan fingerprint density at radius 2 is 2.00 bits per heavy atom. The minimum absolute atomic E-state index is 0.100. The number of likely N-dealkylation sites (N-methyl/N-ethyl adjacent to an activating group) is 1. The maximum absolute atomic E-state index is 12.6. The van der Waals surface area contributed by atoms with Crippen molar-refractivity contribution in [3.63, 3.8) is 0 Å². The molecule has 0 aromatic heterocycles. The van der Waals surface area contributed by atoms with Crippen LogP contribution in [0.1, 0.15) is 5.56 Å². The van der Waals surface area contributed by atoms with Crippen molar-refractivity contribution in [3.8, 4) is 5.75 Å². The van der Waals surface area contributed by atoms with Gasteiger partial charge in [0, 0.05) is 13.6 Å². The van der Waals surface area contributed by atoms with E-state index in [-0.39, 0.29) is 18.9 Å². The van der Waals surface area contributed by atoms with Gasteiger partial charge in [-0.3, -0.25) is 4.79 Å². The maximum Gasteiger partial charge on any atom is 0.419 e. The van der Waals surface area contributed by atoms with Crippen molar-refractivity contribution in [1.82, 2.24) is 4.90 Å². The van der Waals surface area contributed by atoms with Crippen molar-refractivity contribution in [3.05, 3.63) is 29.8 Å². The summed E-state index contributed by atoms with van der Waals surface area (Å²) < 4.78 is 42.8. The molecule has 106 valence electrons. The molecule has 7 heteroatoms. The molecule has 0 heterocycles. The number of alkyl halides is 3. The number of carbonyl (C=O) groups excluding carboxylic acids is 1. The molecule has 0 bridgehead atoms. The van der Waals surface area contributed by atoms with Gasteiger partial charge >= 0.3 is 6.18 Å². The first-order valence-corrected chi connectivity index (χ1v) is 5.50. The third-order valence-electron chi connectivity index (χ3n) is 2.40. The zero-order chi connectivity index (χ0) is 14.5. The largest absolute Gasteiger partial charge is 0.483 e. The topological polar surface area (TPSA) is 49.8 Å². The fourth-order valence-electron chi connectivity index (χ4n) is 1.35. The average Bonchev–Trinajstić information content (AvgIpc) is 2.35. The normalized spacial score (nSPS) is 11.2. The van der Waals surface area contributed by atoms with Gasteiger partial charge in [-0.1, -0.05) is 12.1 Å². The highest BCUT2D eigenvalue weighted by Crippen LogP contribution is 2.35. The van der Waals surface area contributed by atoms with E-state index in [2.05, 4.69) is 0 Å². The number of ether oxygens (including phenoxy) is 1. The van der Waals surface area contributed by atoms with Gasteiger partial charge in [-0.2, -0.15) is 13.2 Å². The minimum Gasteiger partial charge on any atom is -0.483 e. The SMILES string of the molecule is CN(CCO)C(=O)COc1ccccc1C(F)(F)F. The predicted octanol–water partition coefficient (Wildman–Crippen LogP) is 1.53. The summed E-state index contributed by atoms with van der Waals surface area (Å²) in [4.78, 5) is 12.7. The Bertz CT molecular complexity index is 434. The summed E-state index contributed by atoms with van der Waals surface area (Å²) in [7, 11) is 1.43. The van der Waals surface area contributed by atoms with E-state index in [1.54, 1.807) is 0 Å². The van der Waals surface area contributed by atoms with Crippen LogP contribution in [0.2, 0.25) is 0 Å². The van der Waals surface area contributed by atoms with Crippen molar-refractivity contribution in [2.24, 2.45) is 0 Å². The molecular weight excluding hydrogens is 263 g/mol. The number of halogens is 3. The van der Waals surface area contributed by atoms with E-state index in [0.717, 1.165) is 12.1 Å². The maximum atomic E-state index is 12.6. The number of para-hydroxylation sites is 1. The molecule has 1 aromatic carbocycles. The standard InChI is InChI=1S/C12H14F3NO3/c1-16(6-7-17)11(18)8-19-10-5-3-2-4-9(10)12(13,14)15/h2-5,17H,6-8H2,1H3. The molecule has 1 amide bonds. The van der Waals surface area contributed by atoms with Crippen LogP contribution >= 0.6 is 0 Å². The molecule has 0 fully saturated rings. The van der Waals surface area contributed by atoms with Gasteiger partial charge in [0.2, 0.25) is 0 Å². The van der Waals surface area contributed by atoms with Gasteiger partial charge in [0.1, 0.15) is 5.75 Å². The van der Waals surface area contributed by atoms with Crippen molar-refractivity contribution in [2.45, 2.75) is 6.18 Å². The van der Waals surface area contributed by atoms with Crippen LogP contribution in [0.4, 0.5) is 13.2 Å². The number of benzene rings is 1. The van der Waals surface area contributed by atoms with Crippen molar-refractivity contribution >= 4 is 5.91 Å². The van der Waals surface area contributed by atoms with Crippen LogP contribution in [0, 0.1) is 0 Å². The van der Waals surface area contributed by atoms with Gasteiger partial charge in [0.05, 0.1) is 12.2 Å². The molecule has 0 saturated heterocycles. The number of hydrogen-bond donors (Lipinski definition) is 1. The first kappa shape index (κ1) is 15.3. The van der Waals surface area contributed by atoms with E-state index in [1.807, 2.05) is 0 Å². The second-order valence-electron chi connectivity index (χ2n) is 3.82. The molecule has 0 atom stereocenters. The second-order valence-corrected chi connectivity index (χ2v) is 3.82. The molecule has 1 aromatic rings.